The molecule has 1 heterocycles. The molecule has 0 aliphatic rings. The molecule has 2 aromatic rings. The van der Waals surface area contributed by atoms with Crippen molar-refractivity contribution in [2.75, 3.05) is 26.5 Å². The van der Waals surface area contributed by atoms with Crippen molar-refractivity contribution in [3.8, 4) is 5.75 Å². The first-order valence-electron chi connectivity index (χ1n) is 7.45. The lowest BCUT2D eigenvalue weighted by Crippen LogP contribution is -2.20. The fraction of sp³-hybridized carbons (Fsp3) is 0.353. The lowest BCUT2D eigenvalue weighted by Gasteiger charge is -2.16. The average molecular weight is 334 g/mol. The highest BCUT2D eigenvalue weighted by Gasteiger charge is 2.07. The van der Waals surface area contributed by atoms with Crippen LogP contribution in [0, 0.1) is 0 Å². The summed E-state index contributed by atoms with van der Waals surface area (Å²) in [6.45, 7) is 2.31. The van der Waals surface area contributed by atoms with Crippen molar-refractivity contribution in [2.24, 2.45) is 0 Å². The molecule has 0 radical (unpaired) electrons. The quantitative estimate of drug-likeness (QED) is 0.694. The van der Waals surface area contributed by atoms with Crippen LogP contribution in [0.4, 0.5) is 0 Å². The highest BCUT2D eigenvalue weighted by molar-refractivity contribution is 7.90. The fourth-order valence-corrected chi connectivity index (χ4v) is 2.85. The molecular weight excluding hydrogens is 312 g/mol. The Bertz CT molecular complexity index is 718. The van der Waals surface area contributed by atoms with Gasteiger partial charge in [0.2, 0.25) is 0 Å². The normalized spacial score (nSPS) is 11.6. The Balaban J connectivity index is 1.75. The van der Waals surface area contributed by atoms with E-state index in [1.807, 2.05) is 12.1 Å². The molecule has 124 valence electrons. The van der Waals surface area contributed by atoms with E-state index in [1.165, 1.54) is 11.8 Å². The molecule has 0 atom stereocenters. The summed E-state index contributed by atoms with van der Waals surface area (Å²) in [5.74, 6) is 0.588. The van der Waals surface area contributed by atoms with Crippen molar-refractivity contribution in [2.45, 2.75) is 17.9 Å². The summed E-state index contributed by atoms with van der Waals surface area (Å²) in [6, 6.07) is 10.6. The summed E-state index contributed by atoms with van der Waals surface area (Å²) in [5.41, 5.74) is 1.23. The third kappa shape index (κ3) is 6.00. The van der Waals surface area contributed by atoms with Crippen LogP contribution in [0.25, 0.3) is 0 Å². The minimum Gasteiger partial charge on any atom is -0.494 e. The first-order valence-corrected chi connectivity index (χ1v) is 9.34. The topological polar surface area (TPSA) is 59.5 Å². The van der Waals surface area contributed by atoms with E-state index in [0.717, 1.165) is 19.5 Å². The molecule has 1 aromatic heterocycles. The standard InChI is InChI=1S/C17H22N2O3S/c1-19(14-15-7-9-18-10-8-15)11-4-12-22-16-5-3-6-17(13-16)23(2,20)21/h3,5-10,13H,4,11-12,14H2,1-2H3. The van der Waals surface area contributed by atoms with Gasteiger partial charge in [0.05, 0.1) is 11.5 Å². The molecule has 0 fully saturated rings. The molecule has 0 bridgehead atoms. The number of rotatable bonds is 8. The molecule has 0 amide bonds. The number of benzene rings is 1. The SMILES string of the molecule is CN(CCCOc1cccc(S(C)(=O)=O)c1)Cc1ccncc1. The zero-order valence-corrected chi connectivity index (χ0v) is 14.3. The van der Waals surface area contributed by atoms with Gasteiger partial charge in [0.15, 0.2) is 9.84 Å². The Kier molecular flexibility index (Phi) is 6.12. The van der Waals surface area contributed by atoms with E-state index in [0.29, 0.717) is 12.4 Å². The van der Waals surface area contributed by atoms with Crippen molar-refractivity contribution in [3.05, 3.63) is 54.4 Å². The number of pyridine rings is 1. The van der Waals surface area contributed by atoms with E-state index in [9.17, 15) is 8.42 Å². The van der Waals surface area contributed by atoms with Gasteiger partial charge in [0.25, 0.3) is 0 Å². The fourth-order valence-electron chi connectivity index (χ4n) is 2.20. The Morgan fingerprint density at radius 2 is 1.91 bits per heavy atom. The van der Waals surface area contributed by atoms with Gasteiger partial charge in [0, 0.05) is 31.7 Å². The first-order chi connectivity index (χ1) is 10.9. The summed E-state index contributed by atoms with van der Waals surface area (Å²) in [4.78, 5) is 6.50. The first kappa shape index (κ1) is 17.4. The van der Waals surface area contributed by atoms with Crippen molar-refractivity contribution in [1.82, 2.24) is 9.88 Å². The third-order valence-corrected chi connectivity index (χ3v) is 4.50. The second-order valence-corrected chi connectivity index (χ2v) is 7.56. The third-order valence-electron chi connectivity index (χ3n) is 3.39. The Morgan fingerprint density at radius 1 is 1.17 bits per heavy atom. The van der Waals surface area contributed by atoms with Crippen molar-refractivity contribution in [3.63, 3.8) is 0 Å². The van der Waals surface area contributed by atoms with Crippen LogP contribution in [-0.4, -0.2) is 44.8 Å². The Labute approximate surface area is 137 Å². The van der Waals surface area contributed by atoms with Gasteiger partial charge in [-0.25, -0.2) is 8.42 Å². The van der Waals surface area contributed by atoms with Gasteiger partial charge in [-0.3, -0.25) is 4.98 Å². The van der Waals surface area contributed by atoms with Crippen molar-refractivity contribution < 1.29 is 13.2 Å². The highest BCUT2D eigenvalue weighted by atomic mass is 32.2. The maximum absolute atomic E-state index is 11.5. The predicted molar refractivity (Wildman–Crippen MR) is 90.2 cm³/mol. The van der Waals surface area contributed by atoms with Gasteiger partial charge in [-0.15, -0.1) is 0 Å². The van der Waals surface area contributed by atoms with Crippen LogP contribution < -0.4 is 4.74 Å². The van der Waals surface area contributed by atoms with Crippen molar-refractivity contribution in [1.29, 1.82) is 0 Å². The van der Waals surface area contributed by atoms with Crippen LogP contribution in [0.2, 0.25) is 0 Å². The predicted octanol–water partition coefficient (Wildman–Crippen LogP) is 2.39. The number of nitrogens with zero attached hydrogens (tertiary/aromatic N) is 2. The average Bonchev–Trinajstić information content (AvgIpc) is 2.52. The number of sulfone groups is 1. The van der Waals surface area contributed by atoms with Gasteiger partial charge >= 0.3 is 0 Å². The molecule has 0 unspecified atom stereocenters. The summed E-state index contributed by atoms with van der Waals surface area (Å²) < 4.78 is 28.7. The summed E-state index contributed by atoms with van der Waals surface area (Å²) >= 11 is 0. The monoisotopic (exact) mass is 334 g/mol. The minimum atomic E-state index is -3.20. The molecular formula is C17H22N2O3S. The molecule has 0 N–H and O–H groups in total. The smallest absolute Gasteiger partial charge is 0.175 e. The number of hydrogen-bond donors (Lipinski definition) is 0. The number of ether oxygens (including phenoxy) is 1. The Hall–Kier alpha value is -1.92. The maximum atomic E-state index is 11.5. The molecule has 6 heteroatoms. The van der Waals surface area contributed by atoms with E-state index in [1.54, 1.807) is 36.7 Å². The molecule has 0 saturated heterocycles. The van der Waals surface area contributed by atoms with Crippen LogP contribution in [-0.2, 0) is 16.4 Å². The van der Waals surface area contributed by atoms with Crippen LogP contribution in [0.5, 0.6) is 5.75 Å². The van der Waals surface area contributed by atoms with Crippen LogP contribution >= 0.6 is 0 Å². The summed E-state index contributed by atoms with van der Waals surface area (Å²) in [5, 5.41) is 0. The molecule has 0 spiro atoms. The van der Waals surface area contributed by atoms with E-state index in [4.69, 9.17) is 4.74 Å². The summed E-state index contributed by atoms with van der Waals surface area (Å²) in [6.07, 6.45) is 5.65. The van der Waals surface area contributed by atoms with E-state index < -0.39 is 9.84 Å². The second kappa shape index (κ2) is 8.08. The molecule has 0 saturated carbocycles. The molecule has 1 aromatic carbocycles. The lowest BCUT2D eigenvalue weighted by atomic mass is 10.2. The number of aromatic nitrogens is 1. The van der Waals surface area contributed by atoms with Gasteiger partial charge in [-0.1, -0.05) is 6.07 Å². The van der Waals surface area contributed by atoms with Crippen LogP contribution in [0.15, 0.2) is 53.7 Å². The van der Waals surface area contributed by atoms with Crippen LogP contribution in [0.3, 0.4) is 0 Å². The highest BCUT2D eigenvalue weighted by Crippen LogP contribution is 2.17. The molecule has 2 rings (SSSR count). The summed E-state index contributed by atoms with van der Waals surface area (Å²) in [7, 11) is -1.14. The molecule has 0 aliphatic heterocycles. The molecule has 5 nitrogen and oxygen atoms in total. The maximum Gasteiger partial charge on any atom is 0.175 e. The lowest BCUT2D eigenvalue weighted by molar-refractivity contribution is 0.258. The number of hydrogen-bond acceptors (Lipinski definition) is 5. The molecule has 23 heavy (non-hydrogen) atoms. The zero-order chi connectivity index (χ0) is 16.7. The van der Waals surface area contributed by atoms with Gasteiger partial charge in [-0.2, -0.15) is 0 Å². The van der Waals surface area contributed by atoms with Crippen molar-refractivity contribution >= 4 is 9.84 Å². The second-order valence-electron chi connectivity index (χ2n) is 5.54. The van der Waals surface area contributed by atoms with Gasteiger partial charge in [-0.05, 0) is 49.4 Å². The largest absolute Gasteiger partial charge is 0.494 e. The van der Waals surface area contributed by atoms with E-state index in [-0.39, 0.29) is 4.90 Å². The zero-order valence-electron chi connectivity index (χ0n) is 13.5. The van der Waals surface area contributed by atoms with E-state index in [2.05, 4.69) is 16.9 Å². The van der Waals surface area contributed by atoms with Gasteiger partial charge < -0.3 is 9.64 Å². The van der Waals surface area contributed by atoms with Gasteiger partial charge in [0.1, 0.15) is 5.75 Å². The molecule has 0 aliphatic carbocycles. The minimum absolute atomic E-state index is 0.282. The Morgan fingerprint density at radius 3 is 2.61 bits per heavy atom. The van der Waals surface area contributed by atoms with Crippen LogP contribution in [0.1, 0.15) is 12.0 Å². The van der Waals surface area contributed by atoms with E-state index >= 15 is 0 Å².